The SMILES string of the molecule is Cc1cc(C)c(-c2c3nc(c(-c4c(C)cc(C)cc4C)c4ccc([nH]4)c(-c4c(C)cc(C)cc4C)c4nc(c(-c5ccc(C#Cc6ccc(N7C(=O)c8ccc9c%10ccc%11c%12c(ccc(c%13ccc(c8c9%13)C7=O)c%12%10)C(=O)N(c7cc(C(C)(C)C)ccc7C(C)(C)C)C%11=O)cc6)cc5)c5ccc2[nH]5)C=C4)C=C3)c(C)c1. The molecular weight excluding hydrogens is 1340 g/mol. The second-order valence-corrected chi connectivity index (χ2v) is 32.5. The lowest BCUT2D eigenvalue weighted by Gasteiger charge is -2.34. The maximum Gasteiger partial charge on any atom is 0.265 e. The highest BCUT2D eigenvalue weighted by atomic mass is 16.2. The number of aryl methyl sites for hydroxylation is 9. The Labute approximate surface area is 633 Å². The third kappa shape index (κ3) is 10.8. The number of aromatic amines is 2. The number of anilines is 2. The van der Waals surface area contributed by atoms with Gasteiger partial charge < -0.3 is 9.97 Å². The molecule has 3 aromatic heterocycles. The molecule has 530 valence electrons. The lowest BCUT2D eigenvalue weighted by molar-refractivity contribution is 0.0877. The van der Waals surface area contributed by atoms with Crippen LogP contribution in [-0.2, 0) is 10.8 Å². The summed E-state index contributed by atoms with van der Waals surface area (Å²) in [5, 5.41) is 6.07. The quantitative estimate of drug-likeness (QED) is 0.0738. The molecule has 2 N–H and O–H groups in total. The molecule has 18 rings (SSSR count). The highest BCUT2D eigenvalue weighted by molar-refractivity contribution is 6.45. The molecule has 8 bridgehead atoms. The average molecular weight is 1420 g/mol. The van der Waals surface area contributed by atoms with Gasteiger partial charge in [-0.25, -0.2) is 19.8 Å². The summed E-state index contributed by atoms with van der Waals surface area (Å²) in [6.45, 7) is 32.3. The van der Waals surface area contributed by atoms with Crippen molar-refractivity contribution in [2.75, 3.05) is 9.80 Å². The molecule has 14 aromatic rings. The van der Waals surface area contributed by atoms with E-state index in [0.717, 1.165) is 161 Å². The van der Waals surface area contributed by atoms with E-state index in [1.807, 2.05) is 66.7 Å². The number of nitrogens with one attached hydrogen (secondary N) is 2. The number of H-pyrrole nitrogens is 2. The molecule has 11 aromatic carbocycles. The molecule has 4 aliphatic rings. The van der Waals surface area contributed by atoms with E-state index >= 15 is 9.59 Å². The Balaban J connectivity index is 0.703. The van der Waals surface area contributed by atoms with Gasteiger partial charge in [0, 0.05) is 88.5 Å². The Morgan fingerprint density at radius 2 is 0.651 bits per heavy atom. The molecule has 0 aliphatic carbocycles. The molecule has 4 amide bonds. The van der Waals surface area contributed by atoms with Gasteiger partial charge in [0.15, 0.2) is 0 Å². The first-order valence-electron chi connectivity index (χ1n) is 37.4. The predicted molar refractivity (Wildman–Crippen MR) is 449 cm³/mol. The van der Waals surface area contributed by atoms with Crippen molar-refractivity contribution in [2.45, 2.75) is 115 Å². The smallest absolute Gasteiger partial charge is 0.265 e. The number of hydrogen-bond donors (Lipinski definition) is 2. The molecular formula is C99H80N6O4. The summed E-state index contributed by atoms with van der Waals surface area (Å²) in [5.74, 6) is 5.15. The Morgan fingerprint density at radius 1 is 0.321 bits per heavy atom. The summed E-state index contributed by atoms with van der Waals surface area (Å²) in [6.07, 6.45) is 8.65. The standard InChI is InChI=1S/C99H80N6O4/c1-51-44-54(4)83(55(5)45-51)91-76-38-36-74(100-76)86(75-37-39-77(101-75)92(84-56(6)46-52(2)47-57(84)7)79-41-43-81(103-79)93(80-42-40-78(91)102-80)85-58(8)48-53(3)49-59(85)9)62-22-18-60(19-23-62)16-17-61-20-25-64(26-21-61)104-94(106)69-31-27-65-67-29-33-71-90-72(34-30-68(88(67)90)66-28-32-70(95(104)107)89(69)87(65)66)97(109)105(96(71)108)82-50-63(98(10,11)12)24-35-73(82)99(13,14)15/h18-50,100,103H,1-15H3. The van der Waals surface area contributed by atoms with E-state index in [2.05, 4.69) is 235 Å². The molecule has 0 radical (unpaired) electrons. The Hall–Kier alpha value is -12.8. The van der Waals surface area contributed by atoms with E-state index < -0.39 is 11.8 Å². The molecule has 0 saturated heterocycles. The fourth-order valence-corrected chi connectivity index (χ4v) is 18.1. The first-order valence-corrected chi connectivity index (χ1v) is 37.4. The summed E-state index contributed by atoms with van der Waals surface area (Å²) < 4.78 is 0. The van der Waals surface area contributed by atoms with E-state index in [1.165, 1.54) is 37.6 Å². The van der Waals surface area contributed by atoms with Crippen LogP contribution in [0.5, 0.6) is 0 Å². The zero-order valence-electron chi connectivity index (χ0n) is 64.0. The fraction of sp³-hybridized carbons (Fsp3) is 0.172. The molecule has 10 heteroatoms. The van der Waals surface area contributed by atoms with Gasteiger partial charge in [0.1, 0.15) is 0 Å². The minimum Gasteiger partial charge on any atom is -0.354 e. The van der Waals surface area contributed by atoms with Gasteiger partial charge in [-0.2, -0.15) is 0 Å². The Kier molecular flexibility index (Phi) is 15.4. The lowest BCUT2D eigenvalue weighted by Crippen LogP contribution is -2.42. The topological polar surface area (TPSA) is 132 Å². The van der Waals surface area contributed by atoms with Crippen molar-refractivity contribution in [3.8, 4) is 56.3 Å². The van der Waals surface area contributed by atoms with E-state index in [9.17, 15) is 9.59 Å². The van der Waals surface area contributed by atoms with Crippen LogP contribution >= 0.6 is 0 Å². The van der Waals surface area contributed by atoms with Crippen molar-refractivity contribution in [2.24, 2.45) is 0 Å². The third-order valence-corrected chi connectivity index (χ3v) is 22.7. The van der Waals surface area contributed by atoms with Crippen molar-refractivity contribution < 1.29 is 19.2 Å². The number of imide groups is 2. The summed E-state index contributed by atoms with van der Waals surface area (Å²) >= 11 is 0. The number of rotatable bonds is 6. The number of hydrogen-bond acceptors (Lipinski definition) is 6. The van der Waals surface area contributed by atoms with E-state index in [1.54, 1.807) is 24.3 Å². The van der Waals surface area contributed by atoms with Crippen molar-refractivity contribution in [1.82, 2.24) is 19.9 Å². The van der Waals surface area contributed by atoms with Gasteiger partial charge in [0.05, 0.1) is 34.2 Å². The van der Waals surface area contributed by atoms with E-state index in [-0.39, 0.29) is 22.6 Å². The van der Waals surface area contributed by atoms with Crippen LogP contribution < -0.4 is 9.80 Å². The van der Waals surface area contributed by atoms with Crippen molar-refractivity contribution in [3.63, 3.8) is 0 Å². The molecule has 0 atom stereocenters. The molecule has 0 fully saturated rings. The fourth-order valence-electron chi connectivity index (χ4n) is 18.1. The van der Waals surface area contributed by atoms with E-state index in [0.29, 0.717) is 50.0 Å². The monoisotopic (exact) mass is 1420 g/mol. The zero-order valence-corrected chi connectivity index (χ0v) is 64.0. The number of aromatic nitrogens is 4. The van der Waals surface area contributed by atoms with Crippen LogP contribution in [0.3, 0.4) is 0 Å². The van der Waals surface area contributed by atoms with Crippen LogP contribution in [0.1, 0.15) is 178 Å². The maximum absolute atomic E-state index is 15.0. The molecule has 0 unspecified atom stereocenters. The number of nitrogens with zero attached hydrogens (tertiary/aromatic N) is 4. The summed E-state index contributed by atoms with van der Waals surface area (Å²) in [5.41, 5.74) is 31.6. The van der Waals surface area contributed by atoms with Gasteiger partial charge in [-0.15, -0.1) is 0 Å². The number of fused-ring (bicyclic) bond motifs is 10. The van der Waals surface area contributed by atoms with E-state index in [4.69, 9.17) is 9.97 Å². The second kappa shape index (κ2) is 24.6. The molecule has 4 aliphatic heterocycles. The average Bonchev–Trinajstić information content (AvgIpc) is 0.863. The van der Waals surface area contributed by atoms with Gasteiger partial charge >= 0.3 is 0 Å². The summed E-state index contributed by atoms with van der Waals surface area (Å²) in [4.78, 5) is 81.9. The van der Waals surface area contributed by atoms with Crippen molar-refractivity contribution >= 4 is 124 Å². The minimum absolute atomic E-state index is 0.227. The highest BCUT2D eigenvalue weighted by Crippen LogP contribution is 2.50. The first-order chi connectivity index (χ1) is 52.2. The third-order valence-electron chi connectivity index (χ3n) is 22.7. The molecule has 0 spiro atoms. The lowest BCUT2D eigenvalue weighted by atomic mass is 9.79. The molecule has 0 saturated carbocycles. The van der Waals surface area contributed by atoms with Crippen LogP contribution in [0, 0.1) is 74.2 Å². The molecule has 7 heterocycles. The summed E-state index contributed by atoms with van der Waals surface area (Å²) in [7, 11) is 0. The van der Waals surface area contributed by atoms with Crippen molar-refractivity contribution in [1.29, 1.82) is 0 Å². The number of benzene rings is 11. The van der Waals surface area contributed by atoms with Crippen LogP contribution in [0.4, 0.5) is 11.4 Å². The van der Waals surface area contributed by atoms with Crippen LogP contribution in [0.15, 0.2) is 176 Å². The van der Waals surface area contributed by atoms with Gasteiger partial charge in [-0.3, -0.25) is 19.2 Å². The second-order valence-electron chi connectivity index (χ2n) is 32.5. The predicted octanol–water partition coefficient (Wildman–Crippen LogP) is 23.7. The van der Waals surface area contributed by atoms with Crippen LogP contribution in [0.2, 0.25) is 0 Å². The first kappa shape index (κ1) is 68.0. The van der Waals surface area contributed by atoms with Crippen LogP contribution in [0.25, 0.3) is 134 Å². The Morgan fingerprint density at radius 3 is 1.00 bits per heavy atom. The highest BCUT2D eigenvalue weighted by Gasteiger charge is 2.40. The maximum atomic E-state index is 15.0. The van der Waals surface area contributed by atoms with Crippen LogP contribution in [-0.4, -0.2) is 43.6 Å². The number of carbonyl (C=O) groups is 4. The molecule has 109 heavy (non-hydrogen) atoms. The van der Waals surface area contributed by atoms with Gasteiger partial charge in [0.2, 0.25) is 0 Å². The number of carbonyl (C=O) groups excluding carboxylic acids is 4. The van der Waals surface area contributed by atoms with Gasteiger partial charge in [0.25, 0.3) is 23.6 Å². The minimum atomic E-state index is -0.434. The zero-order chi connectivity index (χ0) is 75.9. The number of amides is 4. The normalized spacial score (nSPS) is 13.5. The van der Waals surface area contributed by atoms with Crippen molar-refractivity contribution in [3.05, 3.63) is 293 Å². The van der Waals surface area contributed by atoms with Gasteiger partial charge in [-0.1, -0.05) is 155 Å². The summed E-state index contributed by atoms with van der Waals surface area (Å²) in [6, 6.07) is 59.1. The van der Waals surface area contributed by atoms with Gasteiger partial charge in [-0.05, 0) is 288 Å². The molecule has 10 nitrogen and oxygen atoms in total. The Bertz CT molecular complexity index is 6560. The largest absolute Gasteiger partial charge is 0.354 e.